The Balaban J connectivity index is 1.90. The van der Waals surface area contributed by atoms with Crippen molar-refractivity contribution < 1.29 is 27.9 Å². The molecular formula is C16H18F2N2O4. The first-order valence-corrected chi connectivity index (χ1v) is 7.28. The molecule has 0 spiro atoms. The second-order valence-electron chi connectivity index (χ2n) is 5.25. The molecule has 1 atom stereocenters. The van der Waals surface area contributed by atoms with Crippen LogP contribution in [0.2, 0.25) is 0 Å². The fraction of sp³-hybridized carbons (Fsp3) is 0.375. The highest BCUT2D eigenvalue weighted by molar-refractivity contribution is 5.79. The molecule has 2 N–H and O–H groups in total. The molecule has 1 unspecified atom stereocenters. The topological polar surface area (TPSA) is 84.6 Å². The van der Waals surface area contributed by atoms with Crippen LogP contribution in [0, 0.1) is 13.8 Å². The maximum Gasteiger partial charge on any atom is 0.387 e. The number of ether oxygens (including phenoxy) is 1. The minimum Gasteiger partial charge on any atom is -0.435 e. The molecule has 24 heavy (non-hydrogen) atoms. The Labute approximate surface area is 137 Å². The number of alkyl halides is 2. The highest BCUT2D eigenvalue weighted by Crippen LogP contribution is 2.20. The van der Waals surface area contributed by atoms with Crippen molar-refractivity contribution >= 4 is 5.91 Å². The fourth-order valence-electron chi connectivity index (χ4n) is 2.20. The average molecular weight is 340 g/mol. The van der Waals surface area contributed by atoms with Crippen LogP contribution >= 0.6 is 0 Å². The van der Waals surface area contributed by atoms with E-state index in [4.69, 9.17) is 4.52 Å². The molecule has 1 aromatic carbocycles. The number of aromatic nitrogens is 1. The summed E-state index contributed by atoms with van der Waals surface area (Å²) in [7, 11) is 0. The third kappa shape index (κ3) is 4.76. The van der Waals surface area contributed by atoms with E-state index in [1.54, 1.807) is 19.9 Å². The fourth-order valence-corrected chi connectivity index (χ4v) is 2.20. The second kappa shape index (κ2) is 7.87. The number of aliphatic hydroxyl groups is 1. The van der Waals surface area contributed by atoms with Crippen LogP contribution in [-0.4, -0.2) is 29.3 Å². The number of aliphatic hydroxyl groups excluding tert-OH is 1. The zero-order valence-electron chi connectivity index (χ0n) is 13.3. The van der Waals surface area contributed by atoms with Gasteiger partial charge in [-0.2, -0.15) is 8.78 Å². The van der Waals surface area contributed by atoms with Crippen molar-refractivity contribution in [1.82, 2.24) is 10.5 Å². The molecule has 130 valence electrons. The van der Waals surface area contributed by atoms with Crippen molar-refractivity contribution in [3.63, 3.8) is 0 Å². The predicted octanol–water partition coefficient (Wildman–Crippen LogP) is 2.29. The molecule has 8 heteroatoms. The van der Waals surface area contributed by atoms with Crippen molar-refractivity contribution in [3.8, 4) is 5.75 Å². The minimum absolute atomic E-state index is 0.0522. The lowest BCUT2D eigenvalue weighted by Gasteiger charge is -2.13. The molecule has 1 aromatic heterocycles. The van der Waals surface area contributed by atoms with E-state index in [1.807, 2.05) is 0 Å². The van der Waals surface area contributed by atoms with Gasteiger partial charge in [-0.05, 0) is 31.5 Å². The summed E-state index contributed by atoms with van der Waals surface area (Å²) in [6.45, 7) is 0.460. The Morgan fingerprint density at radius 3 is 2.79 bits per heavy atom. The number of hydrogen-bond acceptors (Lipinski definition) is 5. The van der Waals surface area contributed by atoms with Gasteiger partial charge in [-0.15, -0.1) is 0 Å². The summed E-state index contributed by atoms with van der Waals surface area (Å²) in [4.78, 5) is 11.9. The molecule has 0 bridgehead atoms. The number of carbonyl (C=O) groups excluding carboxylic acids is 1. The molecule has 0 aliphatic carbocycles. The second-order valence-corrected chi connectivity index (χ2v) is 5.25. The van der Waals surface area contributed by atoms with Gasteiger partial charge in [-0.25, -0.2) is 0 Å². The zero-order valence-corrected chi connectivity index (χ0v) is 13.3. The smallest absolute Gasteiger partial charge is 0.387 e. The first-order valence-electron chi connectivity index (χ1n) is 7.28. The van der Waals surface area contributed by atoms with E-state index in [9.17, 15) is 18.7 Å². The summed E-state index contributed by atoms with van der Waals surface area (Å²) in [6.07, 6.45) is -0.956. The van der Waals surface area contributed by atoms with E-state index in [2.05, 4.69) is 15.2 Å². The molecule has 0 aliphatic rings. The highest BCUT2D eigenvalue weighted by Gasteiger charge is 2.15. The molecule has 0 aliphatic heterocycles. The third-order valence-electron chi connectivity index (χ3n) is 3.48. The first kappa shape index (κ1) is 17.9. The molecular weight excluding hydrogens is 322 g/mol. The number of amides is 1. The van der Waals surface area contributed by atoms with Gasteiger partial charge >= 0.3 is 6.61 Å². The van der Waals surface area contributed by atoms with Crippen LogP contribution in [0.3, 0.4) is 0 Å². The minimum atomic E-state index is -2.94. The Bertz CT molecular complexity index is 684. The quantitative estimate of drug-likeness (QED) is 0.808. The van der Waals surface area contributed by atoms with Gasteiger partial charge in [0.25, 0.3) is 0 Å². The van der Waals surface area contributed by atoms with Crippen molar-refractivity contribution in [2.24, 2.45) is 0 Å². The number of carbonyl (C=O) groups is 1. The number of nitrogens with zero attached hydrogens (tertiary/aromatic N) is 1. The number of nitrogens with one attached hydrogen (secondary N) is 1. The molecule has 0 saturated heterocycles. The van der Waals surface area contributed by atoms with Gasteiger partial charge in [-0.3, -0.25) is 4.79 Å². The van der Waals surface area contributed by atoms with E-state index in [-0.39, 0.29) is 24.6 Å². The van der Waals surface area contributed by atoms with Gasteiger partial charge in [0, 0.05) is 12.1 Å². The number of halogens is 2. The van der Waals surface area contributed by atoms with E-state index in [0.717, 1.165) is 0 Å². The van der Waals surface area contributed by atoms with E-state index >= 15 is 0 Å². The maximum absolute atomic E-state index is 12.2. The molecule has 0 radical (unpaired) electrons. The lowest BCUT2D eigenvalue weighted by Crippen LogP contribution is -2.29. The van der Waals surface area contributed by atoms with Crippen LogP contribution in [0.5, 0.6) is 5.75 Å². The SMILES string of the molecule is Cc1noc(C)c1CC(=O)NCC(O)c1cccc(OC(F)F)c1. The van der Waals surface area contributed by atoms with Crippen LogP contribution in [0.4, 0.5) is 8.78 Å². The maximum atomic E-state index is 12.2. The van der Waals surface area contributed by atoms with Crippen molar-refractivity contribution in [2.45, 2.75) is 33.0 Å². The highest BCUT2D eigenvalue weighted by atomic mass is 19.3. The zero-order chi connectivity index (χ0) is 17.7. The first-order chi connectivity index (χ1) is 11.4. The predicted molar refractivity (Wildman–Crippen MR) is 80.7 cm³/mol. The van der Waals surface area contributed by atoms with Gasteiger partial charge in [0.15, 0.2) is 0 Å². The Kier molecular flexibility index (Phi) is 5.86. The van der Waals surface area contributed by atoms with Crippen molar-refractivity contribution in [1.29, 1.82) is 0 Å². The molecule has 6 nitrogen and oxygen atoms in total. The summed E-state index contributed by atoms with van der Waals surface area (Å²) >= 11 is 0. The van der Waals surface area contributed by atoms with Crippen LogP contribution in [0.25, 0.3) is 0 Å². The summed E-state index contributed by atoms with van der Waals surface area (Å²) in [6, 6.07) is 5.71. The van der Waals surface area contributed by atoms with Gasteiger partial charge in [0.1, 0.15) is 11.5 Å². The third-order valence-corrected chi connectivity index (χ3v) is 3.48. The molecule has 1 amide bonds. The summed E-state index contributed by atoms with van der Waals surface area (Å²) in [5.74, 6) is 0.215. The molecule has 0 saturated carbocycles. The monoisotopic (exact) mass is 340 g/mol. The van der Waals surface area contributed by atoms with Crippen LogP contribution < -0.4 is 10.1 Å². The largest absolute Gasteiger partial charge is 0.435 e. The van der Waals surface area contributed by atoms with Crippen molar-refractivity contribution in [2.75, 3.05) is 6.54 Å². The Hall–Kier alpha value is -2.48. The lowest BCUT2D eigenvalue weighted by molar-refractivity contribution is -0.120. The van der Waals surface area contributed by atoms with Crippen molar-refractivity contribution in [3.05, 3.63) is 46.8 Å². The number of aryl methyl sites for hydroxylation is 2. The Morgan fingerprint density at radius 2 is 2.17 bits per heavy atom. The van der Waals surface area contributed by atoms with Gasteiger partial charge in [-0.1, -0.05) is 17.3 Å². The standard InChI is InChI=1S/C16H18F2N2O4/c1-9-13(10(2)24-20-9)7-15(22)19-8-14(21)11-4-3-5-12(6-11)23-16(17)18/h3-6,14,16,21H,7-8H2,1-2H3,(H,19,22). The molecule has 0 fully saturated rings. The number of benzene rings is 1. The van der Waals surface area contributed by atoms with Gasteiger partial charge in [0.2, 0.25) is 5.91 Å². The summed E-state index contributed by atoms with van der Waals surface area (Å²) < 4.78 is 33.7. The molecule has 2 rings (SSSR count). The normalized spacial score (nSPS) is 12.2. The van der Waals surface area contributed by atoms with Gasteiger partial charge < -0.3 is 19.7 Å². The average Bonchev–Trinajstić information content (AvgIpc) is 2.84. The van der Waals surface area contributed by atoms with Crippen LogP contribution in [0.1, 0.15) is 28.7 Å². The summed E-state index contributed by atoms with van der Waals surface area (Å²) in [5.41, 5.74) is 1.71. The van der Waals surface area contributed by atoms with E-state index in [1.165, 1.54) is 18.2 Å². The van der Waals surface area contributed by atoms with E-state index < -0.39 is 12.7 Å². The Morgan fingerprint density at radius 1 is 1.42 bits per heavy atom. The number of rotatable bonds is 7. The van der Waals surface area contributed by atoms with Gasteiger partial charge in [0.05, 0.1) is 18.2 Å². The number of hydrogen-bond donors (Lipinski definition) is 2. The molecule has 1 heterocycles. The lowest BCUT2D eigenvalue weighted by atomic mass is 10.1. The van der Waals surface area contributed by atoms with Crippen LogP contribution in [-0.2, 0) is 11.2 Å². The molecule has 2 aromatic rings. The summed E-state index contributed by atoms with van der Waals surface area (Å²) in [5, 5.41) is 16.4. The van der Waals surface area contributed by atoms with E-state index in [0.29, 0.717) is 22.6 Å². The van der Waals surface area contributed by atoms with Crippen LogP contribution in [0.15, 0.2) is 28.8 Å².